The summed E-state index contributed by atoms with van der Waals surface area (Å²) in [6.07, 6.45) is 2.53. The van der Waals surface area contributed by atoms with Crippen LogP contribution in [0.1, 0.15) is 12.8 Å². The fourth-order valence-corrected chi connectivity index (χ4v) is 2.79. The van der Waals surface area contributed by atoms with E-state index in [9.17, 15) is 0 Å². The summed E-state index contributed by atoms with van der Waals surface area (Å²) in [6, 6.07) is 11.1. The van der Waals surface area contributed by atoms with Crippen LogP contribution in [-0.4, -0.2) is 30.1 Å². The normalized spacial score (nSPS) is 15.1. The number of fused-ring (bicyclic) bond motifs is 1. The van der Waals surface area contributed by atoms with Gasteiger partial charge in [-0.25, -0.2) is 0 Å². The maximum absolute atomic E-state index is 5.80. The summed E-state index contributed by atoms with van der Waals surface area (Å²) >= 11 is 0. The van der Waals surface area contributed by atoms with Gasteiger partial charge in [-0.1, -0.05) is 5.16 Å². The zero-order valence-electron chi connectivity index (χ0n) is 14.1. The van der Waals surface area contributed by atoms with Crippen molar-refractivity contribution in [3.05, 3.63) is 36.4 Å². The lowest BCUT2D eigenvalue weighted by Gasteiger charge is -2.09. The molecule has 1 fully saturated rings. The smallest absolute Gasteiger partial charge is 0.262 e. The average molecular weight is 352 g/mol. The molecule has 1 aromatic heterocycles. The Morgan fingerprint density at radius 3 is 2.77 bits per heavy atom. The van der Waals surface area contributed by atoms with Crippen molar-refractivity contribution in [1.82, 2.24) is 10.1 Å². The predicted molar refractivity (Wildman–Crippen MR) is 91.5 cm³/mol. The molecule has 2 aliphatic rings. The Morgan fingerprint density at radius 2 is 1.92 bits per heavy atom. The van der Waals surface area contributed by atoms with Gasteiger partial charge in [0.1, 0.15) is 11.5 Å². The molecule has 0 radical (unpaired) electrons. The minimum atomic E-state index is 0.225. The predicted octanol–water partition coefficient (Wildman–Crippen LogP) is 3.68. The number of hydrogen-bond acceptors (Lipinski definition) is 7. The number of rotatable bonds is 5. The highest BCUT2D eigenvalue weighted by Gasteiger charge is 2.24. The van der Waals surface area contributed by atoms with E-state index < -0.39 is 0 Å². The molecular formula is C19H16N2O5. The number of benzene rings is 2. The van der Waals surface area contributed by atoms with Crippen LogP contribution in [0, 0.1) is 0 Å². The molecule has 0 spiro atoms. The van der Waals surface area contributed by atoms with Gasteiger partial charge in [0, 0.05) is 11.6 Å². The quantitative estimate of drug-likeness (QED) is 0.693. The zero-order valence-corrected chi connectivity index (χ0v) is 14.1. The Morgan fingerprint density at radius 1 is 1.04 bits per heavy atom. The van der Waals surface area contributed by atoms with Crippen LogP contribution in [0.25, 0.3) is 22.8 Å². The van der Waals surface area contributed by atoms with Crippen molar-refractivity contribution < 1.29 is 23.5 Å². The molecule has 132 valence electrons. The molecule has 7 heteroatoms. The van der Waals surface area contributed by atoms with Gasteiger partial charge in [-0.3, -0.25) is 0 Å². The third-order valence-corrected chi connectivity index (χ3v) is 4.29. The highest BCUT2D eigenvalue weighted by Crippen LogP contribution is 2.38. The van der Waals surface area contributed by atoms with Crippen molar-refractivity contribution in [3.8, 4) is 45.8 Å². The van der Waals surface area contributed by atoms with Crippen molar-refractivity contribution in [3.63, 3.8) is 0 Å². The van der Waals surface area contributed by atoms with Gasteiger partial charge >= 0.3 is 0 Å². The third-order valence-electron chi connectivity index (χ3n) is 4.29. The standard InChI is InChI=1S/C19H16N2O5/c1-22-16-9-13(25-12-3-4-12)5-6-14(16)19-20-18(21-26-19)11-2-7-15-17(8-11)24-10-23-15/h2,5-9,12H,3-4,10H2,1H3. The van der Waals surface area contributed by atoms with Gasteiger partial charge in [-0.15, -0.1) is 0 Å². The highest BCUT2D eigenvalue weighted by molar-refractivity contribution is 5.68. The second-order valence-electron chi connectivity index (χ2n) is 6.17. The molecule has 2 aromatic carbocycles. The monoisotopic (exact) mass is 352 g/mol. The van der Waals surface area contributed by atoms with Crippen molar-refractivity contribution in [2.45, 2.75) is 18.9 Å². The van der Waals surface area contributed by atoms with Gasteiger partial charge < -0.3 is 23.5 Å². The highest BCUT2D eigenvalue weighted by atomic mass is 16.7. The van der Waals surface area contributed by atoms with Gasteiger partial charge in [0.2, 0.25) is 12.6 Å². The molecule has 1 saturated carbocycles. The first-order chi connectivity index (χ1) is 12.8. The molecule has 5 rings (SSSR count). The first kappa shape index (κ1) is 15.1. The van der Waals surface area contributed by atoms with E-state index in [1.54, 1.807) is 7.11 Å². The van der Waals surface area contributed by atoms with E-state index in [1.807, 2.05) is 36.4 Å². The molecule has 1 aliphatic heterocycles. The molecule has 0 unspecified atom stereocenters. The number of nitrogens with zero attached hydrogens (tertiary/aromatic N) is 2. The number of aromatic nitrogens is 2. The van der Waals surface area contributed by atoms with Gasteiger partial charge in [0.15, 0.2) is 11.5 Å². The summed E-state index contributed by atoms with van der Waals surface area (Å²) in [5, 5.41) is 4.08. The van der Waals surface area contributed by atoms with Crippen molar-refractivity contribution in [1.29, 1.82) is 0 Å². The van der Waals surface area contributed by atoms with Gasteiger partial charge in [-0.2, -0.15) is 4.98 Å². The van der Waals surface area contributed by atoms with E-state index in [4.69, 9.17) is 23.5 Å². The molecular weight excluding hydrogens is 336 g/mol. The first-order valence-electron chi connectivity index (χ1n) is 8.39. The Labute approximate surface area is 149 Å². The molecule has 0 N–H and O–H groups in total. The second kappa shape index (κ2) is 5.94. The number of ether oxygens (including phenoxy) is 4. The second-order valence-corrected chi connectivity index (χ2v) is 6.17. The molecule has 0 saturated heterocycles. The number of methoxy groups -OCH3 is 1. The van der Waals surface area contributed by atoms with Crippen LogP contribution in [0.5, 0.6) is 23.0 Å². The molecule has 1 aliphatic carbocycles. The molecule has 3 aromatic rings. The zero-order chi connectivity index (χ0) is 17.5. The fraction of sp³-hybridized carbons (Fsp3) is 0.263. The Bertz CT molecular complexity index is 964. The van der Waals surface area contributed by atoms with Crippen LogP contribution in [0.2, 0.25) is 0 Å². The van der Waals surface area contributed by atoms with Gasteiger partial charge in [-0.05, 0) is 43.2 Å². The van der Waals surface area contributed by atoms with Crippen LogP contribution >= 0.6 is 0 Å². The third kappa shape index (κ3) is 2.71. The summed E-state index contributed by atoms with van der Waals surface area (Å²) < 4.78 is 27.4. The van der Waals surface area contributed by atoms with Crippen LogP contribution in [0.3, 0.4) is 0 Å². The van der Waals surface area contributed by atoms with E-state index in [2.05, 4.69) is 10.1 Å². The minimum Gasteiger partial charge on any atom is -0.496 e. The minimum absolute atomic E-state index is 0.225. The van der Waals surface area contributed by atoms with Crippen LogP contribution in [0.4, 0.5) is 0 Å². The van der Waals surface area contributed by atoms with E-state index in [0.717, 1.165) is 29.7 Å². The summed E-state index contributed by atoms with van der Waals surface area (Å²) in [7, 11) is 1.61. The summed E-state index contributed by atoms with van der Waals surface area (Å²) in [5.74, 6) is 3.65. The maximum atomic E-state index is 5.80. The molecule has 0 amide bonds. The van der Waals surface area contributed by atoms with E-state index in [1.165, 1.54) is 0 Å². The van der Waals surface area contributed by atoms with Gasteiger partial charge in [0.05, 0.1) is 18.8 Å². The van der Waals surface area contributed by atoms with Crippen molar-refractivity contribution in [2.75, 3.05) is 13.9 Å². The molecule has 0 bridgehead atoms. The van der Waals surface area contributed by atoms with Crippen molar-refractivity contribution >= 4 is 0 Å². The van der Waals surface area contributed by atoms with E-state index >= 15 is 0 Å². The topological polar surface area (TPSA) is 75.8 Å². The van der Waals surface area contributed by atoms with Crippen LogP contribution < -0.4 is 18.9 Å². The van der Waals surface area contributed by atoms with Crippen molar-refractivity contribution in [2.24, 2.45) is 0 Å². The summed E-state index contributed by atoms with van der Waals surface area (Å²) in [5.41, 5.74) is 1.51. The molecule has 0 atom stereocenters. The van der Waals surface area contributed by atoms with E-state index in [0.29, 0.717) is 35.1 Å². The SMILES string of the molecule is COc1cc(OC2CC2)ccc1-c1nc(-c2ccc3c(c2)OCO3)no1. The largest absolute Gasteiger partial charge is 0.496 e. The van der Waals surface area contributed by atoms with Crippen LogP contribution in [-0.2, 0) is 0 Å². The number of hydrogen-bond donors (Lipinski definition) is 0. The molecule has 26 heavy (non-hydrogen) atoms. The van der Waals surface area contributed by atoms with Gasteiger partial charge in [0.25, 0.3) is 5.89 Å². The average Bonchev–Trinajstić information content (AvgIpc) is 3.17. The Kier molecular flexibility index (Phi) is 3.44. The fourth-order valence-electron chi connectivity index (χ4n) is 2.79. The molecule has 2 heterocycles. The first-order valence-corrected chi connectivity index (χ1v) is 8.39. The molecule has 7 nitrogen and oxygen atoms in total. The Hall–Kier alpha value is -3.22. The lowest BCUT2D eigenvalue weighted by molar-refractivity contribution is 0.174. The summed E-state index contributed by atoms with van der Waals surface area (Å²) in [4.78, 5) is 4.49. The maximum Gasteiger partial charge on any atom is 0.262 e. The van der Waals surface area contributed by atoms with E-state index in [-0.39, 0.29) is 6.79 Å². The Balaban J connectivity index is 1.46. The summed E-state index contributed by atoms with van der Waals surface area (Å²) in [6.45, 7) is 0.225. The van der Waals surface area contributed by atoms with Crippen LogP contribution in [0.15, 0.2) is 40.9 Å². The lowest BCUT2D eigenvalue weighted by atomic mass is 10.1. The lowest BCUT2D eigenvalue weighted by Crippen LogP contribution is -1.97.